The van der Waals surface area contributed by atoms with E-state index in [0.29, 0.717) is 12.4 Å². The van der Waals surface area contributed by atoms with Crippen LogP contribution in [0.25, 0.3) is 0 Å². The molecule has 1 unspecified atom stereocenters. The summed E-state index contributed by atoms with van der Waals surface area (Å²) in [7, 11) is 1.84. The van der Waals surface area contributed by atoms with Crippen LogP contribution in [0.1, 0.15) is 26.7 Å². The SMILES string of the molecule is CNC1CC(C)(C)CCN(c2ccncn2)C1=O. The summed E-state index contributed by atoms with van der Waals surface area (Å²) < 4.78 is 0. The summed E-state index contributed by atoms with van der Waals surface area (Å²) in [6.07, 6.45) is 4.97. The Labute approximate surface area is 108 Å². The minimum atomic E-state index is -0.141. The highest BCUT2D eigenvalue weighted by molar-refractivity contribution is 5.96. The zero-order valence-electron chi connectivity index (χ0n) is 11.2. The third kappa shape index (κ3) is 2.67. The van der Waals surface area contributed by atoms with E-state index in [9.17, 15) is 4.79 Å². The second-order valence-corrected chi connectivity index (χ2v) is 5.52. The van der Waals surface area contributed by atoms with Gasteiger partial charge < -0.3 is 5.32 Å². The predicted molar refractivity (Wildman–Crippen MR) is 70.2 cm³/mol. The molecule has 0 bridgehead atoms. The van der Waals surface area contributed by atoms with E-state index in [1.54, 1.807) is 17.2 Å². The minimum Gasteiger partial charge on any atom is -0.309 e. The zero-order valence-corrected chi connectivity index (χ0v) is 11.2. The number of amides is 1. The Morgan fingerprint density at radius 1 is 1.50 bits per heavy atom. The van der Waals surface area contributed by atoms with Crippen molar-refractivity contribution in [3.63, 3.8) is 0 Å². The van der Waals surface area contributed by atoms with Crippen molar-refractivity contribution < 1.29 is 4.79 Å². The molecular weight excluding hydrogens is 228 g/mol. The summed E-state index contributed by atoms with van der Waals surface area (Å²) in [6, 6.07) is 1.64. The monoisotopic (exact) mass is 248 g/mol. The molecule has 1 aliphatic rings. The van der Waals surface area contributed by atoms with Crippen molar-refractivity contribution in [2.45, 2.75) is 32.7 Å². The average molecular weight is 248 g/mol. The Kier molecular flexibility index (Phi) is 3.61. The van der Waals surface area contributed by atoms with Gasteiger partial charge in [-0.05, 0) is 31.4 Å². The van der Waals surface area contributed by atoms with Gasteiger partial charge in [0.15, 0.2) is 0 Å². The summed E-state index contributed by atoms with van der Waals surface area (Å²) in [5.74, 6) is 0.787. The number of carbonyl (C=O) groups excluding carboxylic acids is 1. The van der Waals surface area contributed by atoms with Gasteiger partial charge in [-0.25, -0.2) is 9.97 Å². The van der Waals surface area contributed by atoms with Crippen molar-refractivity contribution >= 4 is 11.7 Å². The van der Waals surface area contributed by atoms with E-state index < -0.39 is 0 Å². The molecule has 1 aromatic heterocycles. The molecule has 1 N–H and O–H groups in total. The van der Waals surface area contributed by atoms with E-state index in [1.807, 2.05) is 7.05 Å². The first-order valence-electron chi connectivity index (χ1n) is 6.28. The molecule has 1 aromatic rings. The molecule has 1 fully saturated rings. The first-order valence-corrected chi connectivity index (χ1v) is 6.28. The third-order valence-corrected chi connectivity index (χ3v) is 3.52. The number of anilines is 1. The quantitative estimate of drug-likeness (QED) is 0.855. The maximum absolute atomic E-state index is 12.5. The molecule has 98 valence electrons. The Bertz CT molecular complexity index is 418. The normalized spacial score (nSPS) is 23.8. The van der Waals surface area contributed by atoms with Crippen LogP contribution < -0.4 is 10.2 Å². The Hall–Kier alpha value is -1.49. The number of likely N-dealkylation sites (N-methyl/N-ethyl adjacent to an activating group) is 1. The van der Waals surface area contributed by atoms with Crippen LogP contribution in [0.5, 0.6) is 0 Å². The molecule has 0 spiro atoms. The molecule has 0 saturated carbocycles. The van der Waals surface area contributed by atoms with Gasteiger partial charge in [0.05, 0.1) is 6.04 Å². The average Bonchev–Trinajstić information content (AvgIpc) is 2.47. The van der Waals surface area contributed by atoms with Crippen molar-refractivity contribution in [1.29, 1.82) is 0 Å². The van der Waals surface area contributed by atoms with Crippen LogP contribution in [-0.2, 0) is 4.79 Å². The van der Waals surface area contributed by atoms with E-state index >= 15 is 0 Å². The number of hydrogen-bond acceptors (Lipinski definition) is 4. The van der Waals surface area contributed by atoms with Gasteiger partial charge in [-0.2, -0.15) is 0 Å². The van der Waals surface area contributed by atoms with E-state index in [0.717, 1.165) is 12.8 Å². The minimum absolute atomic E-state index is 0.0989. The van der Waals surface area contributed by atoms with E-state index in [4.69, 9.17) is 0 Å². The first-order chi connectivity index (χ1) is 8.53. The number of nitrogens with one attached hydrogen (secondary N) is 1. The van der Waals surface area contributed by atoms with Gasteiger partial charge >= 0.3 is 0 Å². The van der Waals surface area contributed by atoms with Crippen molar-refractivity contribution in [2.24, 2.45) is 5.41 Å². The van der Waals surface area contributed by atoms with Crippen LogP contribution in [0.3, 0.4) is 0 Å². The number of rotatable bonds is 2. The van der Waals surface area contributed by atoms with Gasteiger partial charge in [0.1, 0.15) is 12.1 Å². The lowest BCUT2D eigenvalue weighted by molar-refractivity contribution is -0.120. The van der Waals surface area contributed by atoms with Crippen LogP contribution in [0.2, 0.25) is 0 Å². The molecule has 5 nitrogen and oxygen atoms in total. The maximum Gasteiger partial charge on any atom is 0.245 e. The molecule has 1 amide bonds. The molecule has 2 rings (SSSR count). The Morgan fingerprint density at radius 2 is 2.28 bits per heavy atom. The highest BCUT2D eigenvalue weighted by Gasteiger charge is 2.35. The molecule has 1 saturated heterocycles. The van der Waals surface area contributed by atoms with Gasteiger partial charge in [-0.1, -0.05) is 13.8 Å². The number of carbonyl (C=O) groups is 1. The van der Waals surface area contributed by atoms with Gasteiger partial charge in [0, 0.05) is 12.7 Å². The van der Waals surface area contributed by atoms with Crippen LogP contribution in [0.4, 0.5) is 5.82 Å². The van der Waals surface area contributed by atoms with E-state index in [2.05, 4.69) is 29.1 Å². The molecular formula is C13H20N4O. The van der Waals surface area contributed by atoms with E-state index in [1.165, 1.54) is 6.33 Å². The molecule has 1 atom stereocenters. The number of hydrogen-bond donors (Lipinski definition) is 1. The van der Waals surface area contributed by atoms with Crippen molar-refractivity contribution in [1.82, 2.24) is 15.3 Å². The summed E-state index contributed by atoms with van der Waals surface area (Å²) in [5, 5.41) is 3.11. The molecule has 0 aliphatic carbocycles. The van der Waals surface area contributed by atoms with Crippen molar-refractivity contribution in [3.8, 4) is 0 Å². The highest BCUT2D eigenvalue weighted by Crippen LogP contribution is 2.31. The maximum atomic E-state index is 12.5. The molecule has 18 heavy (non-hydrogen) atoms. The topological polar surface area (TPSA) is 58.1 Å². The second kappa shape index (κ2) is 5.02. The summed E-state index contributed by atoms with van der Waals surface area (Å²) in [4.78, 5) is 22.3. The third-order valence-electron chi connectivity index (χ3n) is 3.52. The zero-order chi connectivity index (χ0) is 13.2. The fraction of sp³-hybridized carbons (Fsp3) is 0.615. The molecule has 2 heterocycles. The smallest absolute Gasteiger partial charge is 0.245 e. The molecule has 0 radical (unpaired) electrons. The summed E-state index contributed by atoms with van der Waals surface area (Å²) in [6.45, 7) is 5.11. The lowest BCUT2D eigenvalue weighted by Crippen LogP contribution is -2.44. The Morgan fingerprint density at radius 3 is 2.89 bits per heavy atom. The van der Waals surface area contributed by atoms with Gasteiger partial charge in [-0.15, -0.1) is 0 Å². The van der Waals surface area contributed by atoms with Crippen LogP contribution in [-0.4, -0.2) is 35.5 Å². The molecule has 1 aliphatic heterocycles. The standard InChI is InChI=1S/C13H20N4O/c1-13(2)5-7-17(11-4-6-15-9-16-11)12(18)10(8-13)14-3/h4,6,9-10,14H,5,7-8H2,1-3H3. The van der Waals surface area contributed by atoms with Gasteiger partial charge in [0.2, 0.25) is 5.91 Å². The van der Waals surface area contributed by atoms with Crippen LogP contribution in [0.15, 0.2) is 18.6 Å². The number of aromatic nitrogens is 2. The molecule has 5 heteroatoms. The fourth-order valence-corrected chi connectivity index (χ4v) is 2.35. The van der Waals surface area contributed by atoms with Crippen molar-refractivity contribution in [2.75, 3.05) is 18.5 Å². The molecule has 0 aromatic carbocycles. The first kappa shape index (κ1) is 13.0. The summed E-state index contributed by atoms with van der Waals surface area (Å²) in [5.41, 5.74) is 0.158. The van der Waals surface area contributed by atoms with Crippen LogP contribution >= 0.6 is 0 Å². The van der Waals surface area contributed by atoms with Crippen LogP contribution in [0, 0.1) is 5.41 Å². The fourth-order valence-electron chi connectivity index (χ4n) is 2.35. The Balaban J connectivity index is 2.28. The predicted octanol–water partition coefficient (Wildman–Crippen LogP) is 1.22. The lowest BCUT2D eigenvalue weighted by atomic mass is 9.83. The van der Waals surface area contributed by atoms with Crippen molar-refractivity contribution in [3.05, 3.63) is 18.6 Å². The van der Waals surface area contributed by atoms with Gasteiger partial charge in [-0.3, -0.25) is 9.69 Å². The summed E-state index contributed by atoms with van der Waals surface area (Å²) >= 11 is 0. The number of nitrogens with zero attached hydrogens (tertiary/aromatic N) is 3. The van der Waals surface area contributed by atoms with E-state index in [-0.39, 0.29) is 17.4 Å². The highest BCUT2D eigenvalue weighted by atomic mass is 16.2. The largest absolute Gasteiger partial charge is 0.309 e. The lowest BCUT2D eigenvalue weighted by Gasteiger charge is -2.24. The van der Waals surface area contributed by atoms with Gasteiger partial charge in [0.25, 0.3) is 0 Å². The second-order valence-electron chi connectivity index (χ2n) is 5.52.